The number of carbonyl (C=O) groups excluding carboxylic acids is 1. The largest absolute Gasteiger partial charge is 0.325 e. The van der Waals surface area contributed by atoms with Crippen molar-refractivity contribution in [3.63, 3.8) is 0 Å². The van der Waals surface area contributed by atoms with Gasteiger partial charge in [-0.25, -0.2) is 12.8 Å². The molecule has 128 valence electrons. The van der Waals surface area contributed by atoms with E-state index in [9.17, 15) is 17.6 Å². The number of sulfonamides is 1. The van der Waals surface area contributed by atoms with Gasteiger partial charge < -0.3 is 5.32 Å². The Morgan fingerprint density at radius 1 is 1.17 bits per heavy atom. The third-order valence-corrected chi connectivity index (χ3v) is 5.32. The minimum atomic E-state index is -3.85. The Hall–Kier alpha value is -2.25. The second kappa shape index (κ2) is 7.55. The van der Waals surface area contributed by atoms with Gasteiger partial charge in [-0.3, -0.25) is 4.79 Å². The lowest BCUT2D eigenvalue weighted by molar-refractivity contribution is -0.116. The van der Waals surface area contributed by atoms with Gasteiger partial charge in [0.1, 0.15) is 5.82 Å². The number of amides is 1. The van der Waals surface area contributed by atoms with Crippen LogP contribution in [-0.2, 0) is 21.2 Å². The van der Waals surface area contributed by atoms with Gasteiger partial charge in [0.15, 0.2) is 0 Å². The van der Waals surface area contributed by atoms with E-state index < -0.39 is 21.7 Å². The molecule has 0 radical (unpaired) electrons. The van der Waals surface area contributed by atoms with Crippen molar-refractivity contribution in [1.82, 2.24) is 4.31 Å². The fourth-order valence-corrected chi connectivity index (χ4v) is 3.27. The zero-order valence-electron chi connectivity index (χ0n) is 13.5. The quantitative estimate of drug-likeness (QED) is 0.871. The maximum Gasteiger partial charge on any atom is 0.243 e. The van der Waals surface area contributed by atoms with Crippen LogP contribution in [0.2, 0.25) is 0 Å². The molecule has 0 heterocycles. The van der Waals surface area contributed by atoms with Gasteiger partial charge in [-0.2, -0.15) is 4.31 Å². The van der Waals surface area contributed by atoms with Gasteiger partial charge in [0.25, 0.3) is 0 Å². The van der Waals surface area contributed by atoms with Gasteiger partial charge in [0.05, 0.1) is 11.4 Å². The van der Waals surface area contributed by atoms with Crippen molar-refractivity contribution >= 4 is 21.6 Å². The van der Waals surface area contributed by atoms with Crippen LogP contribution < -0.4 is 5.32 Å². The normalized spacial score (nSPS) is 11.5. The van der Waals surface area contributed by atoms with Crippen LogP contribution in [0.25, 0.3) is 0 Å². The molecule has 1 N–H and O–H groups in total. The molecule has 0 atom stereocenters. The molecule has 0 aliphatic heterocycles. The summed E-state index contributed by atoms with van der Waals surface area (Å²) in [6.07, 6.45) is 0.836. The average molecular weight is 350 g/mol. The van der Waals surface area contributed by atoms with Crippen LogP contribution in [0.1, 0.15) is 12.5 Å². The lowest BCUT2D eigenvalue weighted by Crippen LogP contribution is -2.35. The van der Waals surface area contributed by atoms with Crippen molar-refractivity contribution in [3.8, 4) is 0 Å². The summed E-state index contributed by atoms with van der Waals surface area (Å²) in [5.41, 5.74) is 1.69. The summed E-state index contributed by atoms with van der Waals surface area (Å²) >= 11 is 0. The number of anilines is 1. The number of aryl methyl sites for hydroxylation is 1. The molecule has 0 unspecified atom stereocenters. The Morgan fingerprint density at radius 2 is 1.83 bits per heavy atom. The van der Waals surface area contributed by atoms with Crippen molar-refractivity contribution in [1.29, 1.82) is 0 Å². The number of rotatable bonds is 6. The molecule has 2 aromatic carbocycles. The molecule has 7 heteroatoms. The maximum absolute atomic E-state index is 12.9. The van der Waals surface area contributed by atoms with Crippen LogP contribution in [0.4, 0.5) is 10.1 Å². The molecule has 0 aliphatic carbocycles. The third kappa shape index (κ3) is 4.39. The first-order valence-corrected chi connectivity index (χ1v) is 8.87. The molecule has 0 fully saturated rings. The minimum Gasteiger partial charge on any atom is -0.325 e. The molecule has 2 aromatic rings. The highest BCUT2D eigenvalue weighted by atomic mass is 32.2. The van der Waals surface area contributed by atoms with Crippen LogP contribution >= 0.6 is 0 Å². The van der Waals surface area contributed by atoms with E-state index in [1.54, 1.807) is 6.07 Å². The molecule has 0 saturated heterocycles. The van der Waals surface area contributed by atoms with Crippen LogP contribution in [-0.4, -0.2) is 32.2 Å². The second-order valence-electron chi connectivity index (χ2n) is 5.32. The van der Waals surface area contributed by atoms with Gasteiger partial charge in [-0.15, -0.1) is 0 Å². The molecule has 0 aliphatic rings. The van der Waals surface area contributed by atoms with E-state index in [0.717, 1.165) is 28.4 Å². The number of hydrogen-bond donors (Lipinski definition) is 1. The molecule has 0 aromatic heterocycles. The Bertz CT molecular complexity index is 820. The highest BCUT2D eigenvalue weighted by Crippen LogP contribution is 2.15. The number of nitrogens with zero attached hydrogens (tertiary/aromatic N) is 1. The monoisotopic (exact) mass is 350 g/mol. The molecule has 0 spiro atoms. The van der Waals surface area contributed by atoms with Crippen molar-refractivity contribution in [2.24, 2.45) is 0 Å². The topological polar surface area (TPSA) is 66.5 Å². The van der Waals surface area contributed by atoms with Crippen LogP contribution in [0.15, 0.2) is 53.4 Å². The Kier molecular flexibility index (Phi) is 5.69. The van der Waals surface area contributed by atoms with Crippen molar-refractivity contribution in [3.05, 3.63) is 59.9 Å². The number of carbonyl (C=O) groups is 1. The Morgan fingerprint density at radius 3 is 2.46 bits per heavy atom. The van der Waals surface area contributed by atoms with E-state index in [2.05, 4.69) is 5.32 Å². The van der Waals surface area contributed by atoms with Gasteiger partial charge in [-0.05, 0) is 48.4 Å². The summed E-state index contributed by atoms with van der Waals surface area (Å²) in [4.78, 5) is 12.0. The SMILES string of the molecule is CCc1cccc(NC(=O)CN(C)S(=O)(=O)c2ccc(F)cc2)c1. The molecular weight excluding hydrogens is 331 g/mol. The predicted molar refractivity (Wildman–Crippen MR) is 90.7 cm³/mol. The molecule has 24 heavy (non-hydrogen) atoms. The summed E-state index contributed by atoms with van der Waals surface area (Å²) in [5, 5.41) is 2.68. The lowest BCUT2D eigenvalue weighted by atomic mass is 10.1. The van der Waals surface area contributed by atoms with Gasteiger partial charge in [0.2, 0.25) is 15.9 Å². The van der Waals surface area contributed by atoms with Crippen LogP contribution in [0.5, 0.6) is 0 Å². The van der Waals surface area contributed by atoms with Crippen molar-refractivity contribution in [2.75, 3.05) is 18.9 Å². The number of halogens is 1. The molecular formula is C17H19FN2O3S. The van der Waals surface area contributed by atoms with E-state index in [0.29, 0.717) is 5.69 Å². The summed E-state index contributed by atoms with van der Waals surface area (Å²) in [6, 6.07) is 11.8. The lowest BCUT2D eigenvalue weighted by Gasteiger charge is -2.17. The first-order valence-electron chi connectivity index (χ1n) is 7.43. The standard InChI is InChI=1S/C17H19FN2O3S/c1-3-13-5-4-6-15(11-13)19-17(21)12-20(2)24(22,23)16-9-7-14(18)8-10-16/h4-11H,3,12H2,1-2H3,(H,19,21). The summed E-state index contributed by atoms with van der Waals surface area (Å²) in [6.45, 7) is 1.67. The summed E-state index contributed by atoms with van der Waals surface area (Å²) in [7, 11) is -2.54. The molecule has 1 amide bonds. The predicted octanol–water partition coefficient (Wildman–Crippen LogP) is 2.65. The zero-order chi connectivity index (χ0) is 17.7. The van der Waals surface area contributed by atoms with Gasteiger partial charge in [-0.1, -0.05) is 19.1 Å². The van der Waals surface area contributed by atoms with Crippen LogP contribution in [0.3, 0.4) is 0 Å². The van der Waals surface area contributed by atoms with E-state index in [-0.39, 0.29) is 11.4 Å². The van der Waals surface area contributed by atoms with E-state index in [1.165, 1.54) is 19.2 Å². The van der Waals surface area contributed by atoms with Gasteiger partial charge >= 0.3 is 0 Å². The Labute approximate surface area is 141 Å². The fourth-order valence-electron chi connectivity index (χ4n) is 2.14. The number of likely N-dealkylation sites (N-methyl/N-ethyl adjacent to an activating group) is 1. The highest BCUT2D eigenvalue weighted by molar-refractivity contribution is 7.89. The van der Waals surface area contributed by atoms with Gasteiger partial charge in [0, 0.05) is 12.7 Å². The smallest absolute Gasteiger partial charge is 0.243 e. The van der Waals surface area contributed by atoms with E-state index in [1.807, 2.05) is 25.1 Å². The van der Waals surface area contributed by atoms with E-state index >= 15 is 0 Å². The molecule has 5 nitrogen and oxygen atoms in total. The maximum atomic E-state index is 12.9. The number of nitrogens with one attached hydrogen (secondary N) is 1. The number of hydrogen-bond acceptors (Lipinski definition) is 3. The first-order chi connectivity index (χ1) is 11.3. The summed E-state index contributed by atoms with van der Waals surface area (Å²) in [5.74, 6) is -0.971. The van der Waals surface area contributed by atoms with Crippen LogP contribution in [0, 0.1) is 5.82 Å². The van der Waals surface area contributed by atoms with E-state index in [4.69, 9.17) is 0 Å². The minimum absolute atomic E-state index is 0.0628. The number of benzene rings is 2. The zero-order valence-corrected chi connectivity index (χ0v) is 14.3. The summed E-state index contributed by atoms with van der Waals surface area (Å²) < 4.78 is 38.6. The highest BCUT2D eigenvalue weighted by Gasteiger charge is 2.23. The first kappa shape index (κ1) is 18.1. The van der Waals surface area contributed by atoms with Crippen molar-refractivity contribution in [2.45, 2.75) is 18.2 Å². The molecule has 0 bridgehead atoms. The molecule has 2 rings (SSSR count). The molecule has 0 saturated carbocycles. The second-order valence-corrected chi connectivity index (χ2v) is 7.36. The third-order valence-electron chi connectivity index (χ3n) is 3.51. The average Bonchev–Trinajstić information content (AvgIpc) is 2.55. The Balaban J connectivity index is 2.06. The fraction of sp³-hybridized carbons (Fsp3) is 0.235. The van der Waals surface area contributed by atoms with Crippen molar-refractivity contribution < 1.29 is 17.6 Å².